The first-order chi connectivity index (χ1) is 10.8. The minimum Gasteiger partial charge on any atom is -1.00 e. The zero-order chi connectivity index (χ0) is 17.7. The van der Waals surface area contributed by atoms with Crippen LogP contribution in [0, 0.1) is 0 Å². The van der Waals surface area contributed by atoms with Crippen molar-refractivity contribution >= 4 is 20.8 Å². The van der Waals surface area contributed by atoms with Crippen LogP contribution in [0.5, 0.6) is 0 Å². The summed E-state index contributed by atoms with van der Waals surface area (Å²) in [6.07, 6.45) is 0.456. The van der Waals surface area contributed by atoms with Crippen molar-refractivity contribution in [3.05, 3.63) is 60.7 Å². The number of hydrogen-bond donors (Lipinski definition) is 0. The van der Waals surface area contributed by atoms with Crippen LogP contribution in [0.15, 0.2) is 60.7 Å². The Labute approximate surface area is 185 Å². The van der Waals surface area contributed by atoms with Crippen molar-refractivity contribution in [3.8, 4) is 0 Å². The van der Waals surface area contributed by atoms with E-state index in [1.54, 1.807) is 24.2 Å². The maximum Gasteiger partial charge on any atom is -0.172 e. The third kappa shape index (κ3) is 19.0. The molecule has 0 spiro atoms. The third-order valence-corrected chi connectivity index (χ3v) is 8.40. The first-order valence-corrected chi connectivity index (χ1v) is 16.1. The maximum atomic E-state index is 6.11. The molecule has 2 rings (SSSR count). The van der Waals surface area contributed by atoms with Gasteiger partial charge in [-0.15, -0.1) is 0 Å². The van der Waals surface area contributed by atoms with Gasteiger partial charge in [0.15, 0.2) is 0 Å². The fourth-order valence-corrected chi connectivity index (χ4v) is 8.63. The van der Waals surface area contributed by atoms with Gasteiger partial charge >= 0.3 is 101 Å². The minimum atomic E-state index is -1.33. The molecule has 2 atom stereocenters. The standard InChI is InChI=1S/C9H22OSi2.2C5H5.2ClH.Zr/c1-8(9(2)11(3)4)10-12(5,6)7;2*1-2-4-5-3-1;;;/h2,8-9,11H,1,3-7H3;2*1-5H;2*1H;/q;2*-1;;;+2/p-2. The molecule has 142 valence electrons. The minimum absolute atomic E-state index is 0. The summed E-state index contributed by atoms with van der Waals surface area (Å²) in [6.45, 7) is 13.9. The van der Waals surface area contributed by atoms with Crippen LogP contribution in [-0.2, 0) is 28.7 Å². The first-order valence-electron chi connectivity index (χ1n) is 8.29. The molecule has 0 aliphatic carbocycles. The van der Waals surface area contributed by atoms with Gasteiger partial charge in [-0.3, -0.25) is 0 Å². The van der Waals surface area contributed by atoms with Gasteiger partial charge in [0.05, 0.1) is 0 Å². The summed E-state index contributed by atoms with van der Waals surface area (Å²) < 4.78 is 8.53. The van der Waals surface area contributed by atoms with E-state index in [1.807, 2.05) is 60.7 Å². The van der Waals surface area contributed by atoms with Crippen molar-refractivity contribution in [1.29, 1.82) is 0 Å². The van der Waals surface area contributed by atoms with Gasteiger partial charge in [-0.25, -0.2) is 24.3 Å². The maximum absolute atomic E-state index is 6.11. The van der Waals surface area contributed by atoms with Gasteiger partial charge in [-0.1, -0.05) is 0 Å². The van der Waals surface area contributed by atoms with Gasteiger partial charge in [0, 0.05) is 0 Å². The molecule has 0 saturated carbocycles. The quantitative estimate of drug-likeness (QED) is 0.393. The zero-order valence-electron chi connectivity index (χ0n) is 16.2. The smallest absolute Gasteiger partial charge is 0.172 e. The van der Waals surface area contributed by atoms with Crippen LogP contribution < -0.4 is 24.8 Å². The largest absolute Gasteiger partial charge is 1.00 e. The molecule has 0 N–H and O–H groups in total. The molecule has 2 aromatic rings. The molecular formula is C19H32Cl2OSi2Zr-2. The second-order valence-corrected chi connectivity index (χ2v) is 15.4. The Morgan fingerprint density at radius 2 is 1.28 bits per heavy atom. The number of halogens is 2. The van der Waals surface area contributed by atoms with Crippen molar-refractivity contribution in [2.75, 3.05) is 0 Å². The molecule has 0 aliphatic heterocycles. The molecule has 25 heavy (non-hydrogen) atoms. The van der Waals surface area contributed by atoms with Crippen molar-refractivity contribution < 1.29 is 53.5 Å². The van der Waals surface area contributed by atoms with Gasteiger partial charge in [-0.2, -0.15) is 36.4 Å². The predicted octanol–water partition coefficient (Wildman–Crippen LogP) is -0.749. The third-order valence-electron chi connectivity index (χ3n) is 3.15. The van der Waals surface area contributed by atoms with Crippen molar-refractivity contribution in [1.82, 2.24) is 0 Å². The van der Waals surface area contributed by atoms with Gasteiger partial charge < -0.3 is 24.8 Å². The van der Waals surface area contributed by atoms with Crippen LogP contribution in [0.3, 0.4) is 0 Å². The Morgan fingerprint density at radius 1 is 0.920 bits per heavy atom. The molecule has 0 aliphatic rings. The van der Waals surface area contributed by atoms with Gasteiger partial charge in [0.1, 0.15) is 0 Å². The zero-order valence-corrected chi connectivity index (χ0v) is 22.4. The average molecular weight is 495 g/mol. The monoisotopic (exact) mass is 492 g/mol. The van der Waals surface area contributed by atoms with Gasteiger partial charge in [-0.05, 0) is 0 Å². The van der Waals surface area contributed by atoms with Crippen LogP contribution in [-0.4, -0.2) is 26.9 Å². The molecule has 1 nitrogen and oxygen atoms in total. The van der Waals surface area contributed by atoms with Crippen LogP contribution in [0.1, 0.15) is 6.92 Å². The van der Waals surface area contributed by atoms with E-state index in [0.717, 1.165) is 5.54 Å². The molecule has 0 saturated heterocycles. The van der Waals surface area contributed by atoms with Gasteiger partial charge in [0.2, 0.25) is 0 Å². The summed E-state index contributed by atoms with van der Waals surface area (Å²) in [5, 5.41) is 0. The summed E-state index contributed by atoms with van der Waals surface area (Å²) in [6, 6.07) is 20.0. The molecule has 0 bridgehead atoms. The second kappa shape index (κ2) is 17.8. The van der Waals surface area contributed by atoms with E-state index < -0.39 is 17.1 Å². The predicted molar refractivity (Wildman–Crippen MR) is 107 cm³/mol. The van der Waals surface area contributed by atoms with E-state index in [0.29, 0.717) is 6.10 Å². The summed E-state index contributed by atoms with van der Waals surface area (Å²) in [5.74, 6) is 0. The molecule has 2 unspecified atom stereocenters. The molecular weight excluding hydrogens is 463 g/mol. The summed E-state index contributed by atoms with van der Waals surface area (Å²) in [4.78, 5) is 0. The van der Waals surface area contributed by atoms with E-state index >= 15 is 0 Å². The Hall–Kier alpha value is 0.427. The van der Waals surface area contributed by atoms with Crippen molar-refractivity contribution in [3.63, 3.8) is 0 Å². The fourth-order valence-electron chi connectivity index (χ4n) is 2.15. The molecule has 0 fully saturated rings. The number of hydrogen-bond acceptors (Lipinski definition) is 1. The Morgan fingerprint density at radius 3 is 1.44 bits per heavy atom. The van der Waals surface area contributed by atoms with Crippen molar-refractivity contribution in [2.45, 2.75) is 51.3 Å². The summed E-state index contributed by atoms with van der Waals surface area (Å²) >= 11 is 1.54. The summed E-state index contributed by atoms with van der Waals surface area (Å²) in [5.41, 5.74) is 0.768. The molecule has 0 heterocycles. The first kappa shape index (κ1) is 30.2. The topological polar surface area (TPSA) is 9.23 Å². The van der Waals surface area contributed by atoms with Crippen LogP contribution in [0.4, 0.5) is 0 Å². The Kier molecular flexibility index (Phi) is 21.5. The fraction of sp³-hybridized carbons (Fsp3) is 0.421. The van der Waals surface area contributed by atoms with Gasteiger partial charge in [0.25, 0.3) is 0 Å². The van der Waals surface area contributed by atoms with E-state index in [4.69, 9.17) is 4.43 Å². The van der Waals surface area contributed by atoms with E-state index in [9.17, 15) is 0 Å². The molecule has 2 aromatic carbocycles. The van der Waals surface area contributed by atoms with Crippen molar-refractivity contribution in [2.24, 2.45) is 0 Å². The average Bonchev–Trinajstić information content (AvgIpc) is 3.16. The molecule has 0 radical (unpaired) electrons. The SMILES string of the molecule is CC(O[Si](C)(C)C)C([CH]=[Zr+2])[SiH](C)C.[Cl-].[Cl-].c1cc[cH-]c1.c1cc[cH-]c1. The second-order valence-electron chi connectivity index (χ2n) is 6.85. The van der Waals surface area contributed by atoms with Crippen LogP contribution in [0.2, 0.25) is 38.3 Å². The van der Waals surface area contributed by atoms with Crippen LogP contribution in [0.25, 0.3) is 0 Å². The molecule has 6 heteroatoms. The normalized spacial score (nSPS) is 12.2. The Balaban J connectivity index is -0.000000330. The van der Waals surface area contributed by atoms with E-state index in [1.165, 1.54) is 0 Å². The Bertz CT molecular complexity index is 407. The van der Waals surface area contributed by atoms with E-state index in [-0.39, 0.29) is 24.8 Å². The van der Waals surface area contributed by atoms with Crippen LogP contribution >= 0.6 is 0 Å². The summed E-state index contributed by atoms with van der Waals surface area (Å²) in [7, 11) is -1.90. The molecule has 0 amide bonds. The molecule has 0 aromatic heterocycles. The van der Waals surface area contributed by atoms with E-state index in [2.05, 4.69) is 43.4 Å². The number of rotatable bonds is 5.